The van der Waals surface area contributed by atoms with E-state index in [1.807, 2.05) is 17.0 Å². The number of rotatable bonds is 4. The highest BCUT2D eigenvalue weighted by molar-refractivity contribution is 7.89. The Morgan fingerprint density at radius 1 is 1.09 bits per heavy atom. The molecular weight excluding hydrogens is 314 g/mol. The third-order valence-electron chi connectivity index (χ3n) is 4.07. The van der Waals surface area contributed by atoms with Gasteiger partial charge in [-0.2, -0.15) is 4.31 Å². The van der Waals surface area contributed by atoms with Gasteiger partial charge in [-0.05, 0) is 23.1 Å². The van der Waals surface area contributed by atoms with Crippen LogP contribution < -0.4 is 5.73 Å². The smallest absolute Gasteiger partial charge is 0.243 e. The molecule has 1 fully saturated rings. The van der Waals surface area contributed by atoms with Gasteiger partial charge in [-0.15, -0.1) is 0 Å². The fourth-order valence-electron chi connectivity index (χ4n) is 2.62. The molecule has 1 aromatic rings. The van der Waals surface area contributed by atoms with Crippen LogP contribution in [0, 0.1) is 0 Å². The largest absolute Gasteiger partial charge is 0.369 e. The highest BCUT2D eigenvalue weighted by Gasteiger charge is 2.29. The van der Waals surface area contributed by atoms with E-state index in [0.29, 0.717) is 31.1 Å². The van der Waals surface area contributed by atoms with E-state index in [4.69, 9.17) is 5.73 Å². The number of carbonyl (C=O) groups excluding carboxylic acids is 1. The average molecular weight is 339 g/mol. The topological polar surface area (TPSA) is 83.7 Å². The molecule has 7 heteroatoms. The van der Waals surface area contributed by atoms with Crippen LogP contribution in [0.3, 0.4) is 0 Å². The van der Waals surface area contributed by atoms with Crippen LogP contribution in [0.25, 0.3) is 0 Å². The van der Waals surface area contributed by atoms with Crippen LogP contribution in [0.15, 0.2) is 29.2 Å². The first kappa shape index (κ1) is 17.9. The van der Waals surface area contributed by atoms with Crippen molar-refractivity contribution in [2.45, 2.75) is 31.1 Å². The van der Waals surface area contributed by atoms with Gasteiger partial charge < -0.3 is 5.73 Å². The molecule has 0 bridgehead atoms. The number of hydrogen-bond acceptors (Lipinski definition) is 4. The predicted octanol–water partition coefficient (Wildman–Crippen LogP) is 0.776. The Balaban J connectivity index is 2.09. The third-order valence-corrected chi connectivity index (χ3v) is 5.98. The molecule has 2 N–H and O–H groups in total. The molecule has 0 unspecified atom stereocenters. The highest BCUT2D eigenvalue weighted by atomic mass is 32.2. The maximum atomic E-state index is 12.7. The summed E-state index contributed by atoms with van der Waals surface area (Å²) >= 11 is 0. The van der Waals surface area contributed by atoms with Crippen molar-refractivity contribution in [1.82, 2.24) is 9.21 Å². The normalized spacial score (nSPS) is 18.0. The molecule has 1 saturated heterocycles. The zero-order valence-corrected chi connectivity index (χ0v) is 14.8. The van der Waals surface area contributed by atoms with Crippen LogP contribution in [0.4, 0.5) is 0 Å². The van der Waals surface area contributed by atoms with Crippen molar-refractivity contribution in [2.24, 2.45) is 5.73 Å². The fourth-order valence-corrected chi connectivity index (χ4v) is 4.05. The minimum absolute atomic E-state index is 0.0112. The SMILES string of the molecule is CC(C)(C)c1ccc(S(=O)(=O)N2CCN(CC(N)=O)CC2)cc1. The quantitative estimate of drug-likeness (QED) is 0.878. The zero-order valence-electron chi connectivity index (χ0n) is 13.9. The fraction of sp³-hybridized carbons (Fsp3) is 0.562. The van der Waals surface area contributed by atoms with Gasteiger partial charge in [0.1, 0.15) is 0 Å². The van der Waals surface area contributed by atoms with Gasteiger partial charge in [-0.3, -0.25) is 9.69 Å². The summed E-state index contributed by atoms with van der Waals surface area (Å²) in [5.41, 5.74) is 6.26. The Hall–Kier alpha value is -1.44. The van der Waals surface area contributed by atoms with Crippen molar-refractivity contribution in [3.63, 3.8) is 0 Å². The first-order valence-corrected chi connectivity index (χ1v) is 9.16. The number of hydrogen-bond donors (Lipinski definition) is 1. The summed E-state index contributed by atoms with van der Waals surface area (Å²) < 4.78 is 26.9. The van der Waals surface area contributed by atoms with E-state index in [1.54, 1.807) is 12.1 Å². The maximum absolute atomic E-state index is 12.7. The Kier molecular flexibility index (Phi) is 5.13. The number of amides is 1. The van der Waals surface area contributed by atoms with Gasteiger partial charge in [0, 0.05) is 26.2 Å². The summed E-state index contributed by atoms with van der Waals surface area (Å²) in [5, 5.41) is 0. The highest BCUT2D eigenvalue weighted by Crippen LogP contribution is 2.25. The second kappa shape index (κ2) is 6.59. The van der Waals surface area contributed by atoms with E-state index in [0.717, 1.165) is 5.56 Å². The molecule has 0 radical (unpaired) electrons. The Labute approximate surface area is 138 Å². The number of piperazine rings is 1. The summed E-state index contributed by atoms with van der Waals surface area (Å²) in [7, 11) is -3.49. The second-order valence-corrected chi connectivity index (χ2v) is 8.86. The van der Waals surface area contributed by atoms with Crippen LogP contribution >= 0.6 is 0 Å². The lowest BCUT2D eigenvalue weighted by Gasteiger charge is -2.33. The lowest BCUT2D eigenvalue weighted by Crippen LogP contribution is -2.50. The van der Waals surface area contributed by atoms with Crippen molar-refractivity contribution in [3.8, 4) is 0 Å². The van der Waals surface area contributed by atoms with E-state index in [-0.39, 0.29) is 17.9 Å². The van der Waals surface area contributed by atoms with Crippen LogP contribution in [0.5, 0.6) is 0 Å². The molecule has 6 nitrogen and oxygen atoms in total. The zero-order chi connectivity index (χ0) is 17.3. The van der Waals surface area contributed by atoms with E-state index in [1.165, 1.54) is 4.31 Å². The Morgan fingerprint density at radius 3 is 2.04 bits per heavy atom. The molecule has 0 aromatic heterocycles. The van der Waals surface area contributed by atoms with E-state index >= 15 is 0 Å². The standard InChI is InChI=1S/C16H25N3O3S/c1-16(2,3)13-4-6-14(7-5-13)23(21,22)19-10-8-18(9-11-19)12-15(17)20/h4-7H,8-12H2,1-3H3,(H2,17,20). The van der Waals surface area contributed by atoms with Crippen molar-refractivity contribution in [1.29, 1.82) is 0 Å². The molecule has 0 spiro atoms. The summed E-state index contributed by atoms with van der Waals surface area (Å²) in [6.07, 6.45) is 0. The minimum Gasteiger partial charge on any atom is -0.369 e. The molecular formula is C16H25N3O3S. The summed E-state index contributed by atoms with van der Waals surface area (Å²) in [5.74, 6) is -0.390. The van der Waals surface area contributed by atoms with Crippen molar-refractivity contribution in [2.75, 3.05) is 32.7 Å². The summed E-state index contributed by atoms with van der Waals surface area (Å²) in [6, 6.07) is 7.09. The molecule has 2 rings (SSSR count). The molecule has 128 valence electrons. The lowest BCUT2D eigenvalue weighted by atomic mass is 9.87. The van der Waals surface area contributed by atoms with Crippen LogP contribution in [0.1, 0.15) is 26.3 Å². The van der Waals surface area contributed by atoms with E-state index in [9.17, 15) is 13.2 Å². The van der Waals surface area contributed by atoms with E-state index < -0.39 is 10.0 Å². The van der Waals surface area contributed by atoms with Crippen molar-refractivity contribution < 1.29 is 13.2 Å². The Bertz CT molecular complexity index is 655. The van der Waals surface area contributed by atoms with E-state index in [2.05, 4.69) is 20.8 Å². The molecule has 1 aliphatic heterocycles. The molecule has 1 aliphatic rings. The Morgan fingerprint density at radius 2 is 1.61 bits per heavy atom. The van der Waals surface area contributed by atoms with Gasteiger partial charge in [0.25, 0.3) is 0 Å². The molecule has 0 saturated carbocycles. The van der Waals surface area contributed by atoms with Crippen LogP contribution in [-0.4, -0.2) is 56.3 Å². The summed E-state index contributed by atoms with van der Waals surface area (Å²) in [6.45, 7) is 8.23. The van der Waals surface area contributed by atoms with Gasteiger partial charge in [0.05, 0.1) is 11.4 Å². The lowest BCUT2D eigenvalue weighted by molar-refractivity contribution is -0.119. The monoisotopic (exact) mass is 339 g/mol. The van der Waals surface area contributed by atoms with Crippen molar-refractivity contribution >= 4 is 15.9 Å². The molecule has 0 aliphatic carbocycles. The molecule has 1 heterocycles. The van der Waals surface area contributed by atoms with Crippen LogP contribution in [0.2, 0.25) is 0 Å². The van der Waals surface area contributed by atoms with Gasteiger partial charge in [0.2, 0.25) is 15.9 Å². The number of sulfonamides is 1. The van der Waals surface area contributed by atoms with Gasteiger partial charge in [0.15, 0.2) is 0 Å². The average Bonchev–Trinajstić information content (AvgIpc) is 2.46. The number of primary amides is 1. The molecule has 0 atom stereocenters. The van der Waals surface area contributed by atoms with Gasteiger partial charge >= 0.3 is 0 Å². The molecule has 23 heavy (non-hydrogen) atoms. The van der Waals surface area contributed by atoms with Gasteiger partial charge in [-0.1, -0.05) is 32.9 Å². The minimum atomic E-state index is -3.49. The maximum Gasteiger partial charge on any atom is 0.243 e. The molecule has 1 aromatic carbocycles. The number of nitrogens with two attached hydrogens (primary N) is 1. The number of carbonyl (C=O) groups is 1. The third kappa shape index (κ3) is 4.31. The second-order valence-electron chi connectivity index (χ2n) is 6.92. The first-order valence-electron chi connectivity index (χ1n) is 7.72. The first-order chi connectivity index (χ1) is 10.6. The van der Waals surface area contributed by atoms with Crippen molar-refractivity contribution in [3.05, 3.63) is 29.8 Å². The van der Waals surface area contributed by atoms with Gasteiger partial charge in [-0.25, -0.2) is 8.42 Å². The molecule has 1 amide bonds. The number of benzene rings is 1. The van der Waals surface area contributed by atoms with Crippen LogP contribution in [-0.2, 0) is 20.2 Å². The predicted molar refractivity (Wildman–Crippen MR) is 89.5 cm³/mol. The summed E-state index contributed by atoms with van der Waals surface area (Å²) in [4.78, 5) is 13.1. The number of nitrogens with zero attached hydrogens (tertiary/aromatic N) is 2.